The first-order valence-electron chi connectivity index (χ1n) is 3.66. The van der Waals surface area contributed by atoms with E-state index in [4.69, 9.17) is 5.11 Å². The minimum atomic E-state index is -0.612. The highest BCUT2D eigenvalue weighted by Gasteiger charge is 2.35. The van der Waals surface area contributed by atoms with Crippen molar-refractivity contribution in [1.82, 2.24) is 4.90 Å². The fraction of sp³-hybridized carbons (Fsp3) is 0.714. The maximum atomic E-state index is 11.0. The van der Waals surface area contributed by atoms with Crippen LogP contribution >= 0.6 is 0 Å². The Morgan fingerprint density at radius 1 is 1.75 bits per heavy atom. The van der Waals surface area contributed by atoms with Gasteiger partial charge in [0.05, 0.1) is 13.2 Å². The number of hydrogen-bond donors (Lipinski definition) is 1. The summed E-state index contributed by atoms with van der Waals surface area (Å²) >= 11 is 0. The van der Waals surface area contributed by atoms with E-state index in [1.54, 1.807) is 0 Å². The summed E-state index contributed by atoms with van der Waals surface area (Å²) in [6, 6.07) is -0.609. The molecule has 1 N–H and O–H groups in total. The van der Waals surface area contributed by atoms with Crippen LogP contribution in [0, 0.1) is 0 Å². The molecule has 0 aromatic carbocycles. The van der Waals surface area contributed by atoms with Gasteiger partial charge in [0, 0.05) is 13.0 Å². The van der Waals surface area contributed by atoms with Crippen molar-refractivity contribution in [3.63, 3.8) is 0 Å². The van der Waals surface area contributed by atoms with Gasteiger partial charge in [-0.2, -0.15) is 0 Å². The summed E-state index contributed by atoms with van der Waals surface area (Å²) in [5.74, 6) is -0.473. The first kappa shape index (κ1) is 8.99. The van der Waals surface area contributed by atoms with Crippen molar-refractivity contribution in [2.24, 2.45) is 0 Å². The van der Waals surface area contributed by atoms with E-state index in [-0.39, 0.29) is 13.0 Å². The highest BCUT2D eigenvalue weighted by Crippen LogP contribution is 2.16. The zero-order chi connectivity index (χ0) is 9.14. The molecule has 1 aliphatic rings. The second kappa shape index (κ2) is 3.53. The number of β-amino-alcohol motifs (C(OH)–C–C–N with tert-alkyl or cyclic N) is 1. The summed E-state index contributed by atoms with van der Waals surface area (Å²) in [5, 5.41) is 9.14. The first-order valence-corrected chi connectivity index (χ1v) is 3.66. The smallest absolute Gasteiger partial charge is 0.328 e. The summed E-state index contributed by atoms with van der Waals surface area (Å²) < 4.78 is 4.46. The molecule has 12 heavy (non-hydrogen) atoms. The van der Waals surface area contributed by atoms with E-state index in [0.717, 1.165) is 0 Å². The van der Waals surface area contributed by atoms with Gasteiger partial charge in [-0.3, -0.25) is 4.79 Å². The molecule has 1 aliphatic heterocycles. The number of methoxy groups -OCH3 is 1. The lowest BCUT2D eigenvalue weighted by molar-refractivity contribution is -0.148. The molecule has 0 aliphatic carbocycles. The predicted molar refractivity (Wildman–Crippen MR) is 39.2 cm³/mol. The Morgan fingerprint density at radius 3 is 2.92 bits per heavy atom. The number of esters is 1. The molecule has 0 aromatic rings. The van der Waals surface area contributed by atoms with Crippen LogP contribution in [0.25, 0.3) is 0 Å². The summed E-state index contributed by atoms with van der Waals surface area (Å²) in [6.07, 6.45) is 0.211. The van der Waals surface area contributed by atoms with Crippen LogP contribution in [0.2, 0.25) is 0 Å². The first-order chi connectivity index (χ1) is 5.69. The van der Waals surface area contributed by atoms with Gasteiger partial charge in [-0.1, -0.05) is 0 Å². The molecule has 1 saturated heterocycles. The van der Waals surface area contributed by atoms with E-state index in [2.05, 4.69) is 4.74 Å². The molecule has 0 radical (unpaired) electrons. The second-order valence-electron chi connectivity index (χ2n) is 2.73. The van der Waals surface area contributed by atoms with E-state index in [0.29, 0.717) is 6.41 Å². The van der Waals surface area contributed by atoms with Crippen molar-refractivity contribution in [1.29, 1.82) is 0 Å². The van der Waals surface area contributed by atoms with E-state index in [1.165, 1.54) is 12.0 Å². The van der Waals surface area contributed by atoms with Crippen molar-refractivity contribution in [2.75, 3.05) is 13.7 Å². The molecular formula is C7H11NO4. The number of aliphatic hydroxyl groups excluding tert-OH is 1. The number of amides is 1. The molecule has 1 rings (SSSR count). The average Bonchev–Trinajstić information content (AvgIpc) is 2.45. The van der Waals surface area contributed by atoms with Crippen molar-refractivity contribution in [2.45, 2.75) is 18.6 Å². The van der Waals surface area contributed by atoms with Crippen molar-refractivity contribution >= 4 is 12.4 Å². The van der Waals surface area contributed by atoms with Gasteiger partial charge in [-0.25, -0.2) is 4.79 Å². The lowest BCUT2D eigenvalue weighted by Gasteiger charge is -2.15. The average molecular weight is 173 g/mol. The number of hydrogen-bond acceptors (Lipinski definition) is 4. The lowest BCUT2D eigenvalue weighted by Crippen LogP contribution is -2.35. The monoisotopic (exact) mass is 173 g/mol. The van der Waals surface area contributed by atoms with E-state index in [1.807, 2.05) is 0 Å². The number of aliphatic hydroxyl groups is 1. The van der Waals surface area contributed by atoms with Gasteiger partial charge in [-0.15, -0.1) is 0 Å². The molecule has 0 saturated carbocycles. The van der Waals surface area contributed by atoms with Crippen LogP contribution in [0.4, 0.5) is 0 Å². The molecule has 1 fully saturated rings. The predicted octanol–water partition coefficient (Wildman–Crippen LogP) is -1.25. The van der Waals surface area contributed by atoms with Gasteiger partial charge in [-0.05, 0) is 0 Å². The Bertz CT molecular complexity index is 194. The van der Waals surface area contributed by atoms with Crippen LogP contribution in [0.1, 0.15) is 6.42 Å². The zero-order valence-electron chi connectivity index (χ0n) is 6.77. The molecule has 2 unspecified atom stereocenters. The van der Waals surface area contributed by atoms with Crippen molar-refractivity contribution in [3.8, 4) is 0 Å². The molecule has 0 spiro atoms. The SMILES string of the molecule is COC(=O)C1CC(O)CN1C=O. The lowest BCUT2D eigenvalue weighted by atomic mass is 10.2. The number of nitrogens with zero attached hydrogens (tertiary/aromatic N) is 1. The summed E-state index contributed by atoms with van der Waals surface area (Å²) in [4.78, 5) is 22.6. The maximum absolute atomic E-state index is 11.0. The third-order valence-electron chi connectivity index (χ3n) is 1.93. The van der Waals surface area contributed by atoms with Crippen LogP contribution < -0.4 is 0 Å². The molecule has 1 heterocycles. The Labute approximate surface area is 69.9 Å². The van der Waals surface area contributed by atoms with Gasteiger partial charge < -0.3 is 14.7 Å². The molecular weight excluding hydrogens is 162 g/mol. The highest BCUT2D eigenvalue weighted by atomic mass is 16.5. The van der Waals surface area contributed by atoms with Gasteiger partial charge in [0.1, 0.15) is 6.04 Å². The second-order valence-corrected chi connectivity index (χ2v) is 2.73. The quantitative estimate of drug-likeness (QED) is 0.418. The molecule has 2 atom stereocenters. The number of rotatable bonds is 2. The Kier molecular flexibility index (Phi) is 2.65. The standard InChI is InChI=1S/C7H11NO4/c1-12-7(11)6-2-5(10)3-8(6)4-9/h4-6,10H,2-3H2,1H3. The Morgan fingerprint density at radius 2 is 2.42 bits per heavy atom. The van der Waals surface area contributed by atoms with Crippen LogP contribution in [0.3, 0.4) is 0 Å². The van der Waals surface area contributed by atoms with E-state index >= 15 is 0 Å². The van der Waals surface area contributed by atoms with E-state index in [9.17, 15) is 9.59 Å². The molecule has 68 valence electrons. The maximum Gasteiger partial charge on any atom is 0.328 e. The molecule has 1 amide bonds. The molecule has 5 heteroatoms. The number of likely N-dealkylation sites (tertiary alicyclic amines) is 1. The van der Waals surface area contributed by atoms with Gasteiger partial charge in [0.2, 0.25) is 6.41 Å². The zero-order valence-corrected chi connectivity index (χ0v) is 6.77. The minimum Gasteiger partial charge on any atom is -0.467 e. The fourth-order valence-corrected chi connectivity index (χ4v) is 1.32. The fourth-order valence-electron chi connectivity index (χ4n) is 1.32. The molecule has 5 nitrogen and oxygen atoms in total. The van der Waals surface area contributed by atoms with Gasteiger partial charge in [0.15, 0.2) is 0 Å². The Balaban J connectivity index is 2.63. The summed E-state index contributed by atoms with van der Waals surface area (Å²) in [7, 11) is 1.26. The topological polar surface area (TPSA) is 66.8 Å². The normalized spacial score (nSPS) is 28.7. The number of ether oxygens (including phenoxy) is 1. The van der Waals surface area contributed by atoms with Crippen LogP contribution in [-0.2, 0) is 14.3 Å². The number of carbonyl (C=O) groups is 2. The van der Waals surface area contributed by atoms with Crippen molar-refractivity contribution in [3.05, 3.63) is 0 Å². The molecule has 0 bridgehead atoms. The van der Waals surface area contributed by atoms with Crippen LogP contribution in [-0.4, -0.2) is 48.2 Å². The van der Waals surface area contributed by atoms with Crippen LogP contribution in [0.5, 0.6) is 0 Å². The highest BCUT2D eigenvalue weighted by molar-refractivity contribution is 5.78. The third kappa shape index (κ3) is 1.55. The summed E-state index contributed by atoms with van der Waals surface area (Å²) in [5.41, 5.74) is 0. The van der Waals surface area contributed by atoms with Crippen molar-refractivity contribution < 1.29 is 19.4 Å². The minimum absolute atomic E-state index is 0.212. The largest absolute Gasteiger partial charge is 0.467 e. The van der Waals surface area contributed by atoms with Crippen LogP contribution in [0.15, 0.2) is 0 Å². The van der Waals surface area contributed by atoms with Gasteiger partial charge >= 0.3 is 5.97 Å². The molecule has 0 aromatic heterocycles. The summed E-state index contributed by atoms with van der Waals surface area (Å²) in [6.45, 7) is 0.212. The van der Waals surface area contributed by atoms with E-state index < -0.39 is 18.1 Å². The Hall–Kier alpha value is -1.10. The number of carbonyl (C=O) groups excluding carboxylic acids is 2. The van der Waals surface area contributed by atoms with Gasteiger partial charge in [0.25, 0.3) is 0 Å². The third-order valence-corrected chi connectivity index (χ3v) is 1.93.